The molecule has 1 fully saturated rings. The second kappa shape index (κ2) is 7.21. The number of ether oxygens (including phenoxy) is 1. The molecule has 0 bridgehead atoms. The number of nitrogens with one attached hydrogen (secondary N) is 1. The molecule has 2 rings (SSSR count). The lowest BCUT2D eigenvalue weighted by Gasteiger charge is -2.44. The molecule has 0 saturated heterocycles. The molecule has 3 nitrogen and oxygen atoms in total. The third-order valence-electron chi connectivity index (χ3n) is 4.85. The van der Waals surface area contributed by atoms with Gasteiger partial charge in [0.15, 0.2) is 0 Å². The van der Waals surface area contributed by atoms with E-state index in [0.717, 1.165) is 19.1 Å². The van der Waals surface area contributed by atoms with Crippen LogP contribution in [-0.2, 0) is 10.3 Å². The Bertz CT molecular complexity index is 446. The van der Waals surface area contributed by atoms with Gasteiger partial charge in [-0.2, -0.15) is 0 Å². The summed E-state index contributed by atoms with van der Waals surface area (Å²) in [5.74, 6) is 1.88. The van der Waals surface area contributed by atoms with Gasteiger partial charge in [0.2, 0.25) is 0 Å². The second-order valence-electron chi connectivity index (χ2n) is 6.91. The Morgan fingerprint density at radius 3 is 2.81 bits per heavy atom. The van der Waals surface area contributed by atoms with Gasteiger partial charge in [-0.3, -0.25) is 0 Å². The van der Waals surface area contributed by atoms with E-state index >= 15 is 0 Å². The van der Waals surface area contributed by atoms with Crippen LogP contribution in [0.3, 0.4) is 0 Å². The molecule has 4 heteroatoms. The highest BCUT2D eigenvalue weighted by Gasteiger charge is 2.43. The minimum absolute atomic E-state index is 0.0357. The maximum Gasteiger partial charge on any atom is 0.113 e. The van der Waals surface area contributed by atoms with Crippen LogP contribution >= 0.6 is 11.3 Å². The first-order chi connectivity index (χ1) is 9.99. The number of hydrogen-bond donors (Lipinski definition) is 1. The molecule has 0 spiro atoms. The number of rotatable bonds is 6. The van der Waals surface area contributed by atoms with E-state index in [2.05, 4.69) is 38.4 Å². The third-order valence-corrected chi connectivity index (χ3v) is 5.88. The second-order valence-corrected chi connectivity index (χ2v) is 7.77. The molecule has 1 saturated carbocycles. The number of methoxy groups -OCH3 is 1. The highest BCUT2D eigenvalue weighted by molar-refractivity contribution is 7.09. The molecule has 3 atom stereocenters. The average molecular weight is 311 g/mol. The molecule has 0 amide bonds. The molecular formula is C17H30N2OS. The van der Waals surface area contributed by atoms with Crippen LogP contribution in [0.4, 0.5) is 0 Å². The van der Waals surface area contributed by atoms with Crippen molar-refractivity contribution < 1.29 is 4.74 Å². The number of aromatic nitrogens is 1. The van der Waals surface area contributed by atoms with Gasteiger partial charge in [0.25, 0.3) is 0 Å². The fourth-order valence-electron chi connectivity index (χ4n) is 3.39. The number of thiazole rings is 1. The highest BCUT2D eigenvalue weighted by atomic mass is 32.1. The Labute approximate surface area is 133 Å². The SMILES string of the molecule is COCCNC1(c2nc(C(C)C)cs2)CC(C)CCC1C. The molecule has 1 N–H and O–H groups in total. The highest BCUT2D eigenvalue weighted by Crippen LogP contribution is 2.45. The lowest BCUT2D eigenvalue weighted by atomic mass is 9.70. The maximum atomic E-state index is 5.24. The molecule has 1 aliphatic carbocycles. The van der Waals surface area contributed by atoms with Gasteiger partial charge in [0.05, 0.1) is 17.8 Å². The molecule has 1 aliphatic rings. The molecule has 1 aromatic heterocycles. The maximum absolute atomic E-state index is 5.24. The lowest BCUT2D eigenvalue weighted by molar-refractivity contribution is 0.102. The lowest BCUT2D eigenvalue weighted by Crippen LogP contribution is -2.52. The van der Waals surface area contributed by atoms with Crippen LogP contribution in [0.5, 0.6) is 0 Å². The van der Waals surface area contributed by atoms with Crippen LogP contribution in [-0.4, -0.2) is 25.2 Å². The van der Waals surface area contributed by atoms with Crippen molar-refractivity contribution in [3.63, 3.8) is 0 Å². The molecule has 3 unspecified atom stereocenters. The van der Waals surface area contributed by atoms with Crippen molar-refractivity contribution in [1.82, 2.24) is 10.3 Å². The van der Waals surface area contributed by atoms with Gasteiger partial charge in [-0.25, -0.2) is 4.98 Å². The van der Waals surface area contributed by atoms with Crippen LogP contribution in [0, 0.1) is 11.8 Å². The van der Waals surface area contributed by atoms with Crippen molar-refractivity contribution in [3.05, 3.63) is 16.1 Å². The Morgan fingerprint density at radius 1 is 1.43 bits per heavy atom. The number of hydrogen-bond acceptors (Lipinski definition) is 4. The molecular weight excluding hydrogens is 280 g/mol. The largest absolute Gasteiger partial charge is 0.383 e. The van der Waals surface area contributed by atoms with Crippen LogP contribution < -0.4 is 5.32 Å². The first-order valence-electron chi connectivity index (χ1n) is 8.19. The Hall–Kier alpha value is -0.450. The predicted octanol–water partition coefficient (Wildman–Crippen LogP) is 4.15. The van der Waals surface area contributed by atoms with Gasteiger partial charge >= 0.3 is 0 Å². The summed E-state index contributed by atoms with van der Waals surface area (Å²) in [7, 11) is 1.77. The van der Waals surface area contributed by atoms with Crippen LogP contribution in [0.2, 0.25) is 0 Å². The van der Waals surface area contributed by atoms with E-state index in [4.69, 9.17) is 9.72 Å². The fraction of sp³-hybridized carbons (Fsp3) is 0.824. The molecule has 1 aromatic rings. The van der Waals surface area contributed by atoms with E-state index in [1.165, 1.54) is 30.0 Å². The normalized spacial score (nSPS) is 30.0. The zero-order valence-electron chi connectivity index (χ0n) is 14.1. The van der Waals surface area contributed by atoms with E-state index in [9.17, 15) is 0 Å². The first kappa shape index (κ1) is 16.9. The summed E-state index contributed by atoms with van der Waals surface area (Å²) in [4.78, 5) is 4.98. The zero-order chi connectivity index (χ0) is 15.5. The van der Waals surface area contributed by atoms with E-state index in [1.807, 2.05) is 11.3 Å². The molecule has 120 valence electrons. The molecule has 21 heavy (non-hydrogen) atoms. The van der Waals surface area contributed by atoms with Gasteiger partial charge in [-0.1, -0.05) is 34.1 Å². The molecule has 0 aromatic carbocycles. The standard InChI is InChI=1S/C17H30N2OS/c1-12(2)15-11-21-16(19-15)17(18-8-9-20-5)10-13(3)6-7-14(17)4/h11-14,18H,6-10H2,1-5H3. The van der Waals surface area contributed by atoms with Gasteiger partial charge in [0, 0.05) is 19.0 Å². The van der Waals surface area contributed by atoms with Crippen LogP contribution in [0.15, 0.2) is 5.38 Å². The van der Waals surface area contributed by atoms with Crippen molar-refractivity contribution in [2.24, 2.45) is 11.8 Å². The zero-order valence-corrected chi connectivity index (χ0v) is 14.9. The van der Waals surface area contributed by atoms with Crippen molar-refractivity contribution in [2.75, 3.05) is 20.3 Å². The van der Waals surface area contributed by atoms with Crippen molar-refractivity contribution >= 4 is 11.3 Å². The predicted molar refractivity (Wildman–Crippen MR) is 89.9 cm³/mol. The minimum Gasteiger partial charge on any atom is -0.383 e. The third kappa shape index (κ3) is 3.66. The van der Waals surface area contributed by atoms with Crippen LogP contribution in [0.1, 0.15) is 63.6 Å². The minimum atomic E-state index is 0.0357. The van der Waals surface area contributed by atoms with Gasteiger partial charge in [-0.05, 0) is 30.6 Å². The molecule has 1 heterocycles. The monoisotopic (exact) mass is 310 g/mol. The van der Waals surface area contributed by atoms with Crippen molar-refractivity contribution in [2.45, 2.75) is 58.4 Å². The van der Waals surface area contributed by atoms with Crippen LogP contribution in [0.25, 0.3) is 0 Å². The van der Waals surface area contributed by atoms with Gasteiger partial charge in [0.1, 0.15) is 5.01 Å². The van der Waals surface area contributed by atoms with Crippen molar-refractivity contribution in [1.29, 1.82) is 0 Å². The van der Waals surface area contributed by atoms with Gasteiger partial charge in [-0.15, -0.1) is 11.3 Å². The Balaban J connectivity index is 2.29. The Kier molecular flexibility index (Phi) is 5.81. The summed E-state index contributed by atoms with van der Waals surface area (Å²) >= 11 is 1.83. The summed E-state index contributed by atoms with van der Waals surface area (Å²) in [6.45, 7) is 10.8. The average Bonchev–Trinajstić information content (AvgIpc) is 2.93. The smallest absolute Gasteiger partial charge is 0.113 e. The quantitative estimate of drug-likeness (QED) is 0.801. The molecule has 0 aliphatic heterocycles. The van der Waals surface area contributed by atoms with E-state index in [0.29, 0.717) is 11.8 Å². The fourth-order valence-corrected chi connectivity index (χ4v) is 4.67. The summed E-state index contributed by atoms with van der Waals surface area (Å²) in [6.07, 6.45) is 3.79. The van der Waals surface area contributed by atoms with E-state index in [-0.39, 0.29) is 5.54 Å². The van der Waals surface area contributed by atoms with E-state index in [1.54, 1.807) is 7.11 Å². The van der Waals surface area contributed by atoms with Crippen molar-refractivity contribution in [3.8, 4) is 0 Å². The summed E-state index contributed by atoms with van der Waals surface area (Å²) < 4.78 is 5.24. The molecule has 0 radical (unpaired) electrons. The van der Waals surface area contributed by atoms with Gasteiger partial charge < -0.3 is 10.1 Å². The topological polar surface area (TPSA) is 34.1 Å². The number of nitrogens with zero attached hydrogens (tertiary/aromatic N) is 1. The Morgan fingerprint density at radius 2 is 2.19 bits per heavy atom. The first-order valence-corrected chi connectivity index (χ1v) is 9.07. The summed E-state index contributed by atoms with van der Waals surface area (Å²) in [5, 5.41) is 7.33. The summed E-state index contributed by atoms with van der Waals surface area (Å²) in [6, 6.07) is 0. The van der Waals surface area contributed by atoms with E-state index < -0.39 is 0 Å². The summed E-state index contributed by atoms with van der Waals surface area (Å²) in [5.41, 5.74) is 1.27.